The number of rotatable bonds is 5. The molecule has 0 saturated carbocycles. The van der Waals surface area contributed by atoms with E-state index in [4.69, 9.17) is 4.42 Å². The lowest BCUT2D eigenvalue weighted by Crippen LogP contribution is -2.37. The first-order valence-corrected chi connectivity index (χ1v) is 9.53. The molecule has 3 heterocycles. The van der Waals surface area contributed by atoms with E-state index in [0.29, 0.717) is 30.3 Å². The van der Waals surface area contributed by atoms with E-state index in [9.17, 15) is 14.0 Å². The maximum Gasteiger partial charge on any atom is 0.267 e. The number of carbonyl (C=O) groups is 1. The summed E-state index contributed by atoms with van der Waals surface area (Å²) in [5.41, 5.74) is 1.28. The molecule has 0 radical (unpaired) electrons. The van der Waals surface area contributed by atoms with Crippen molar-refractivity contribution in [3.63, 3.8) is 0 Å². The highest BCUT2D eigenvalue weighted by atomic mass is 19.1. The van der Waals surface area contributed by atoms with Gasteiger partial charge in [0.05, 0.1) is 11.9 Å². The minimum absolute atomic E-state index is 0.111. The first-order chi connectivity index (χ1) is 14.0. The first kappa shape index (κ1) is 19.0. The van der Waals surface area contributed by atoms with Gasteiger partial charge < -0.3 is 9.32 Å². The molecule has 0 spiro atoms. The molecular formula is C21H21FN4O3. The Morgan fingerprint density at radius 1 is 1.24 bits per heavy atom. The Kier molecular flexibility index (Phi) is 5.24. The van der Waals surface area contributed by atoms with E-state index in [1.807, 2.05) is 0 Å². The summed E-state index contributed by atoms with van der Waals surface area (Å²) in [4.78, 5) is 30.8. The first-order valence-electron chi connectivity index (χ1n) is 9.53. The van der Waals surface area contributed by atoms with Crippen molar-refractivity contribution in [1.29, 1.82) is 0 Å². The maximum atomic E-state index is 13.1. The van der Waals surface area contributed by atoms with Crippen molar-refractivity contribution in [3.8, 4) is 0 Å². The van der Waals surface area contributed by atoms with Crippen molar-refractivity contribution >= 4 is 5.91 Å². The summed E-state index contributed by atoms with van der Waals surface area (Å²) in [5.74, 6) is 0.667. The molecule has 1 amide bonds. The SMILES string of the molecule is Cc1ccc(=O)n(CC(=O)N2CCC[C@H]2c2ncc(Cc3ccc(F)cc3)o2)n1. The molecular weight excluding hydrogens is 375 g/mol. The molecule has 1 aromatic carbocycles. The van der Waals surface area contributed by atoms with Gasteiger partial charge in [-0.15, -0.1) is 0 Å². The number of benzene rings is 1. The van der Waals surface area contributed by atoms with Crippen LogP contribution in [0.15, 0.2) is 51.8 Å². The number of halogens is 1. The molecule has 2 aromatic heterocycles. The van der Waals surface area contributed by atoms with Crippen LogP contribution >= 0.6 is 0 Å². The zero-order valence-corrected chi connectivity index (χ0v) is 16.0. The van der Waals surface area contributed by atoms with Crippen LogP contribution in [0.1, 0.15) is 41.8 Å². The molecule has 8 heteroatoms. The summed E-state index contributed by atoms with van der Waals surface area (Å²) in [6, 6.07) is 9.00. The standard InChI is InChI=1S/C21H21FN4O3/c1-14-4-9-19(27)26(24-14)13-20(28)25-10-2-3-18(25)21-23-12-17(29-21)11-15-5-7-16(22)8-6-15/h4-9,12,18H,2-3,10-11,13H2,1H3/t18-/m0/s1. The van der Waals surface area contributed by atoms with Gasteiger partial charge in [0.2, 0.25) is 11.8 Å². The van der Waals surface area contributed by atoms with Gasteiger partial charge in [-0.05, 0) is 43.5 Å². The third-order valence-electron chi connectivity index (χ3n) is 5.01. The molecule has 0 N–H and O–H groups in total. The molecule has 1 aliphatic heterocycles. The second-order valence-corrected chi connectivity index (χ2v) is 7.18. The summed E-state index contributed by atoms with van der Waals surface area (Å²) in [7, 11) is 0. The fourth-order valence-corrected chi connectivity index (χ4v) is 3.57. The van der Waals surface area contributed by atoms with Crippen molar-refractivity contribution < 1.29 is 13.6 Å². The second-order valence-electron chi connectivity index (χ2n) is 7.18. The highest BCUT2D eigenvalue weighted by Gasteiger charge is 2.33. The van der Waals surface area contributed by atoms with Gasteiger partial charge in [-0.1, -0.05) is 12.1 Å². The molecule has 1 aliphatic rings. The molecule has 7 nitrogen and oxygen atoms in total. The van der Waals surface area contributed by atoms with E-state index in [0.717, 1.165) is 18.4 Å². The van der Waals surface area contributed by atoms with Crippen LogP contribution in [0.5, 0.6) is 0 Å². The highest BCUT2D eigenvalue weighted by Crippen LogP contribution is 2.32. The van der Waals surface area contributed by atoms with Gasteiger partial charge in [-0.2, -0.15) is 5.10 Å². The van der Waals surface area contributed by atoms with Gasteiger partial charge in [-0.25, -0.2) is 14.1 Å². The Balaban J connectivity index is 1.47. The van der Waals surface area contributed by atoms with Crippen LogP contribution in [0.25, 0.3) is 0 Å². The molecule has 150 valence electrons. The molecule has 0 aliphatic carbocycles. The van der Waals surface area contributed by atoms with Crippen LogP contribution in [-0.2, 0) is 17.8 Å². The number of likely N-dealkylation sites (tertiary alicyclic amines) is 1. The van der Waals surface area contributed by atoms with Crippen molar-refractivity contribution in [2.24, 2.45) is 0 Å². The summed E-state index contributed by atoms with van der Waals surface area (Å²) in [5, 5.41) is 4.13. The minimum atomic E-state index is -0.308. The summed E-state index contributed by atoms with van der Waals surface area (Å²) in [6.07, 6.45) is 3.73. The van der Waals surface area contributed by atoms with E-state index in [1.165, 1.54) is 22.9 Å². The number of aryl methyl sites for hydroxylation is 1. The molecule has 1 fully saturated rings. The maximum absolute atomic E-state index is 13.1. The lowest BCUT2D eigenvalue weighted by atomic mass is 10.1. The van der Waals surface area contributed by atoms with Crippen molar-refractivity contribution in [2.75, 3.05) is 6.54 Å². The number of carbonyl (C=O) groups excluding carboxylic acids is 1. The van der Waals surface area contributed by atoms with Crippen LogP contribution in [0.4, 0.5) is 4.39 Å². The quantitative estimate of drug-likeness (QED) is 0.662. The molecule has 3 aromatic rings. The largest absolute Gasteiger partial charge is 0.443 e. The topological polar surface area (TPSA) is 81.2 Å². The normalized spacial score (nSPS) is 16.3. The molecule has 4 rings (SSSR count). The number of amides is 1. The van der Waals surface area contributed by atoms with E-state index < -0.39 is 0 Å². The van der Waals surface area contributed by atoms with Gasteiger partial charge in [0, 0.05) is 19.0 Å². The van der Waals surface area contributed by atoms with E-state index in [2.05, 4.69) is 10.1 Å². The molecule has 0 bridgehead atoms. The number of aromatic nitrogens is 3. The Morgan fingerprint density at radius 2 is 2.03 bits per heavy atom. The summed E-state index contributed by atoms with van der Waals surface area (Å²) < 4.78 is 20.1. The van der Waals surface area contributed by atoms with Crippen molar-refractivity contribution in [1.82, 2.24) is 19.7 Å². The average molecular weight is 396 g/mol. The van der Waals surface area contributed by atoms with E-state index in [1.54, 1.807) is 36.2 Å². The van der Waals surface area contributed by atoms with Crippen molar-refractivity contribution in [3.05, 3.63) is 81.7 Å². The highest BCUT2D eigenvalue weighted by molar-refractivity contribution is 5.76. The fraction of sp³-hybridized carbons (Fsp3) is 0.333. The third-order valence-corrected chi connectivity index (χ3v) is 5.01. The third kappa shape index (κ3) is 4.26. The van der Waals surface area contributed by atoms with Gasteiger partial charge in [0.25, 0.3) is 5.56 Å². The number of nitrogens with zero attached hydrogens (tertiary/aromatic N) is 4. The number of hydrogen-bond donors (Lipinski definition) is 0. The smallest absolute Gasteiger partial charge is 0.267 e. The van der Waals surface area contributed by atoms with Gasteiger partial charge in [0.15, 0.2) is 0 Å². The Morgan fingerprint density at radius 3 is 2.83 bits per heavy atom. The van der Waals surface area contributed by atoms with Crippen LogP contribution in [-0.4, -0.2) is 32.1 Å². The molecule has 1 atom stereocenters. The molecule has 29 heavy (non-hydrogen) atoms. The zero-order chi connectivity index (χ0) is 20.4. The zero-order valence-electron chi connectivity index (χ0n) is 16.0. The lowest BCUT2D eigenvalue weighted by molar-refractivity contribution is -0.133. The second kappa shape index (κ2) is 7.98. The van der Waals surface area contributed by atoms with Crippen LogP contribution < -0.4 is 5.56 Å². The van der Waals surface area contributed by atoms with Crippen LogP contribution in [0.3, 0.4) is 0 Å². The monoisotopic (exact) mass is 396 g/mol. The molecule has 0 unspecified atom stereocenters. The number of oxazole rings is 1. The predicted molar refractivity (Wildman–Crippen MR) is 103 cm³/mol. The van der Waals surface area contributed by atoms with E-state index in [-0.39, 0.29) is 29.9 Å². The Hall–Kier alpha value is -3.29. The van der Waals surface area contributed by atoms with Gasteiger partial charge in [-0.3, -0.25) is 9.59 Å². The summed E-state index contributed by atoms with van der Waals surface area (Å²) in [6.45, 7) is 2.24. The van der Waals surface area contributed by atoms with Gasteiger partial charge in [0.1, 0.15) is 24.2 Å². The summed E-state index contributed by atoms with van der Waals surface area (Å²) >= 11 is 0. The van der Waals surface area contributed by atoms with Crippen molar-refractivity contribution in [2.45, 2.75) is 38.8 Å². The van der Waals surface area contributed by atoms with Crippen LogP contribution in [0.2, 0.25) is 0 Å². The minimum Gasteiger partial charge on any atom is -0.443 e. The Bertz CT molecular complexity index is 1070. The van der Waals surface area contributed by atoms with Gasteiger partial charge >= 0.3 is 0 Å². The van der Waals surface area contributed by atoms with Crippen LogP contribution in [0, 0.1) is 12.7 Å². The van der Waals surface area contributed by atoms with E-state index >= 15 is 0 Å². The number of hydrogen-bond acceptors (Lipinski definition) is 5. The molecule has 1 saturated heterocycles. The average Bonchev–Trinajstić information content (AvgIpc) is 3.36. The lowest BCUT2D eigenvalue weighted by Gasteiger charge is -2.22. The Labute approximate surface area is 166 Å². The fourth-order valence-electron chi connectivity index (χ4n) is 3.57. The predicted octanol–water partition coefficient (Wildman–Crippen LogP) is 2.63.